The van der Waals surface area contributed by atoms with E-state index in [9.17, 15) is 9.59 Å². The van der Waals surface area contributed by atoms with Crippen molar-refractivity contribution < 1.29 is 19.1 Å². The number of nitrogens with zero attached hydrogens (tertiary/aromatic N) is 1. The van der Waals surface area contributed by atoms with Gasteiger partial charge in [-0.25, -0.2) is 0 Å². The van der Waals surface area contributed by atoms with Gasteiger partial charge < -0.3 is 19.6 Å². The second kappa shape index (κ2) is 15.2. The Hall–Kier alpha value is -2.67. The van der Waals surface area contributed by atoms with Crippen LogP contribution in [0.5, 0.6) is 5.75 Å². The van der Waals surface area contributed by atoms with Crippen molar-refractivity contribution in [3.63, 3.8) is 0 Å². The van der Waals surface area contributed by atoms with Gasteiger partial charge in [0.05, 0.1) is 7.11 Å². The molecule has 0 saturated carbocycles. The van der Waals surface area contributed by atoms with E-state index in [-0.39, 0.29) is 11.7 Å². The molecule has 178 valence electrons. The summed E-state index contributed by atoms with van der Waals surface area (Å²) in [6.45, 7) is 11.0. The van der Waals surface area contributed by atoms with Crippen molar-refractivity contribution in [3.8, 4) is 5.75 Å². The Morgan fingerprint density at radius 3 is 2.56 bits per heavy atom. The Labute approximate surface area is 192 Å². The predicted octanol–water partition coefficient (Wildman–Crippen LogP) is 4.89. The number of carbonyl (C=O) groups excluding carboxylic acids is 2. The highest BCUT2D eigenvalue weighted by Gasteiger charge is 2.18. The molecule has 7 nitrogen and oxygen atoms in total. The summed E-state index contributed by atoms with van der Waals surface area (Å²) in [6, 6.07) is 8.03. The van der Waals surface area contributed by atoms with Gasteiger partial charge in [0.2, 0.25) is 5.91 Å². The average Bonchev–Trinajstić information content (AvgIpc) is 3.45. The molecule has 2 heterocycles. The molecule has 2 aromatic rings. The third-order valence-corrected chi connectivity index (χ3v) is 4.94. The lowest BCUT2D eigenvalue weighted by atomic mass is 9.95. The number of aromatic amines is 1. The highest BCUT2D eigenvalue weighted by molar-refractivity contribution is 5.89. The fraction of sp³-hybridized carbons (Fsp3) is 0.560. The number of anilines is 1. The number of amides is 1. The number of carbonyl (C=O) groups is 2. The molecule has 1 aliphatic rings. The zero-order valence-electron chi connectivity index (χ0n) is 20.4. The molecule has 1 saturated heterocycles. The van der Waals surface area contributed by atoms with Crippen LogP contribution in [0.3, 0.4) is 0 Å². The molecule has 7 heteroatoms. The van der Waals surface area contributed by atoms with Crippen LogP contribution in [0.15, 0.2) is 24.3 Å². The van der Waals surface area contributed by atoms with Gasteiger partial charge >= 0.3 is 0 Å². The molecular formula is C25H39N3O4. The lowest BCUT2D eigenvalue weighted by Gasteiger charge is -2.13. The van der Waals surface area contributed by atoms with E-state index < -0.39 is 0 Å². The summed E-state index contributed by atoms with van der Waals surface area (Å²) in [5.74, 6) is 2.35. The first-order valence-corrected chi connectivity index (χ1v) is 11.5. The minimum atomic E-state index is -0.0171. The van der Waals surface area contributed by atoms with Gasteiger partial charge in [0.1, 0.15) is 11.5 Å². The van der Waals surface area contributed by atoms with Gasteiger partial charge in [0.25, 0.3) is 0 Å². The number of nitrogens with one attached hydrogen (secondary N) is 2. The Kier molecular flexibility index (Phi) is 13.0. The lowest BCUT2D eigenvalue weighted by Crippen LogP contribution is -2.09. The Morgan fingerprint density at radius 1 is 1.28 bits per heavy atom. The Bertz CT molecular complexity index is 826. The number of hydrogen-bond donors (Lipinski definition) is 2. The van der Waals surface area contributed by atoms with Crippen LogP contribution in [0.2, 0.25) is 0 Å². The van der Waals surface area contributed by atoms with Crippen molar-refractivity contribution in [2.24, 2.45) is 5.92 Å². The van der Waals surface area contributed by atoms with Crippen LogP contribution >= 0.6 is 0 Å². The first-order chi connectivity index (χ1) is 15.4. The van der Waals surface area contributed by atoms with E-state index in [1.807, 2.05) is 26.8 Å². The van der Waals surface area contributed by atoms with Gasteiger partial charge in [0.15, 0.2) is 5.82 Å². The number of ketones is 1. The maximum atomic E-state index is 11.1. The molecular weight excluding hydrogens is 406 g/mol. The third kappa shape index (κ3) is 10.1. The number of benzene rings is 1. The van der Waals surface area contributed by atoms with Crippen LogP contribution in [0.4, 0.5) is 5.82 Å². The minimum Gasteiger partial charge on any atom is -0.496 e. The molecule has 0 spiro atoms. The van der Waals surface area contributed by atoms with Gasteiger partial charge in [-0.3, -0.25) is 9.89 Å². The topological polar surface area (TPSA) is 93.3 Å². The zero-order valence-corrected chi connectivity index (χ0v) is 20.4. The number of Topliss-reactive ketones (excluding diaryl/α,β-unsaturated/α-hetero) is 1. The van der Waals surface area contributed by atoms with Crippen LogP contribution in [-0.4, -0.2) is 42.2 Å². The smallest absolute Gasteiger partial charge is 0.225 e. The quantitative estimate of drug-likeness (QED) is 0.603. The van der Waals surface area contributed by atoms with Crippen LogP contribution in [0.25, 0.3) is 0 Å². The monoisotopic (exact) mass is 445 g/mol. The summed E-state index contributed by atoms with van der Waals surface area (Å²) >= 11 is 0. The lowest BCUT2D eigenvalue weighted by molar-refractivity contribution is -0.117. The summed E-state index contributed by atoms with van der Waals surface area (Å²) in [4.78, 5) is 21.9. The molecule has 1 atom stereocenters. The van der Waals surface area contributed by atoms with Gasteiger partial charge in [-0.05, 0) is 56.2 Å². The molecule has 1 amide bonds. The van der Waals surface area contributed by atoms with Crippen molar-refractivity contribution in [2.75, 3.05) is 25.6 Å². The molecule has 32 heavy (non-hydrogen) atoms. The van der Waals surface area contributed by atoms with E-state index >= 15 is 0 Å². The molecule has 1 fully saturated rings. The second-order valence-electron chi connectivity index (χ2n) is 7.62. The van der Waals surface area contributed by atoms with E-state index in [0.717, 1.165) is 43.9 Å². The van der Waals surface area contributed by atoms with E-state index in [1.165, 1.54) is 11.1 Å². The molecule has 0 aliphatic carbocycles. The molecule has 0 bridgehead atoms. The number of hydrogen-bond acceptors (Lipinski definition) is 5. The summed E-state index contributed by atoms with van der Waals surface area (Å²) in [5.41, 5.74) is 3.39. The van der Waals surface area contributed by atoms with E-state index in [2.05, 4.69) is 27.6 Å². The highest BCUT2D eigenvalue weighted by Crippen LogP contribution is 2.26. The number of rotatable bonds is 8. The van der Waals surface area contributed by atoms with Crippen LogP contribution in [0, 0.1) is 12.8 Å². The summed E-state index contributed by atoms with van der Waals surface area (Å²) in [6.07, 6.45) is 4.02. The number of methoxy groups -OCH3 is 1. The van der Waals surface area contributed by atoms with E-state index in [0.29, 0.717) is 24.6 Å². The van der Waals surface area contributed by atoms with Crippen LogP contribution < -0.4 is 10.1 Å². The third-order valence-electron chi connectivity index (χ3n) is 4.94. The molecule has 3 rings (SSSR count). The molecule has 1 aliphatic heterocycles. The normalized spacial score (nSPS) is 14.5. The first kappa shape index (κ1) is 27.4. The average molecular weight is 446 g/mol. The summed E-state index contributed by atoms with van der Waals surface area (Å²) in [7, 11) is 1.71. The number of ether oxygens (including phenoxy) is 2. The van der Waals surface area contributed by atoms with Crippen molar-refractivity contribution >= 4 is 17.5 Å². The van der Waals surface area contributed by atoms with Crippen LogP contribution in [-0.2, 0) is 27.2 Å². The summed E-state index contributed by atoms with van der Waals surface area (Å²) in [5, 5.41) is 9.21. The molecule has 1 aromatic carbocycles. The molecule has 1 aromatic heterocycles. The standard InChI is InChI=1S/C16H22O3.C7H11N3O.C2H6/c1-12(17)3-4-13-5-6-16(18-2)15(9-13)10-14-7-8-19-11-14;1-3-7(11)8-6-4-5(2)9-10-6;1-2/h5-6,9,14H,3-4,7-8,10-11H2,1-2H3;4H,3H2,1-2H3,(H2,8,9,10,11);1-2H3. The number of aryl methyl sites for hydroxylation is 2. The van der Waals surface area contributed by atoms with E-state index in [1.54, 1.807) is 27.0 Å². The van der Waals surface area contributed by atoms with Crippen molar-refractivity contribution in [2.45, 2.75) is 66.7 Å². The van der Waals surface area contributed by atoms with Crippen LogP contribution in [0.1, 0.15) is 63.8 Å². The first-order valence-electron chi connectivity index (χ1n) is 11.5. The van der Waals surface area contributed by atoms with E-state index in [4.69, 9.17) is 9.47 Å². The highest BCUT2D eigenvalue weighted by atomic mass is 16.5. The second-order valence-corrected chi connectivity index (χ2v) is 7.62. The number of aromatic nitrogens is 2. The Balaban J connectivity index is 0.000000335. The Morgan fingerprint density at radius 2 is 2.03 bits per heavy atom. The van der Waals surface area contributed by atoms with Gasteiger partial charge in [-0.2, -0.15) is 5.10 Å². The summed E-state index contributed by atoms with van der Waals surface area (Å²) < 4.78 is 10.9. The molecule has 0 radical (unpaired) electrons. The van der Waals surface area contributed by atoms with Gasteiger partial charge in [-0.1, -0.05) is 32.9 Å². The SMILES string of the molecule is CC.CCC(=O)Nc1cc(C)[nH]n1.COc1ccc(CCC(C)=O)cc1CC1CCOC1. The van der Waals surface area contributed by atoms with Gasteiger partial charge in [-0.15, -0.1) is 0 Å². The predicted molar refractivity (Wildman–Crippen MR) is 128 cm³/mol. The molecule has 2 N–H and O–H groups in total. The van der Waals surface area contributed by atoms with Crippen molar-refractivity contribution in [1.82, 2.24) is 10.2 Å². The fourth-order valence-corrected chi connectivity index (χ4v) is 3.24. The maximum absolute atomic E-state index is 11.1. The largest absolute Gasteiger partial charge is 0.496 e. The zero-order chi connectivity index (χ0) is 23.9. The van der Waals surface area contributed by atoms with Crippen molar-refractivity contribution in [1.29, 1.82) is 0 Å². The number of H-pyrrole nitrogens is 1. The van der Waals surface area contributed by atoms with Gasteiger partial charge in [0, 0.05) is 37.8 Å². The fourth-order valence-electron chi connectivity index (χ4n) is 3.24. The molecule has 1 unspecified atom stereocenters. The van der Waals surface area contributed by atoms with Crippen molar-refractivity contribution in [3.05, 3.63) is 41.1 Å². The minimum absolute atomic E-state index is 0.0171. The maximum Gasteiger partial charge on any atom is 0.225 e.